The molecule has 0 fully saturated rings. The number of aromatic nitrogens is 2. The predicted molar refractivity (Wildman–Crippen MR) is 61.6 cm³/mol. The monoisotopic (exact) mass is 273 g/mol. The highest BCUT2D eigenvalue weighted by Crippen LogP contribution is 2.20. The van der Waals surface area contributed by atoms with Crippen LogP contribution in [0, 0.1) is 0 Å². The van der Waals surface area contributed by atoms with E-state index in [4.69, 9.17) is 0 Å². The molecule has 0 aliphatic heterocycles. The van der Waals surface area contributed by atoms with Crippen LogP contribution in [-0.2, 0) is 9.53 Å². The zero-order valence-electron chi connectivity index (χ0n) is 9.62. The van der Waals surface area contributed by atoms with Gasteiger partial charge < -0.3 is 10.1 Å². The molecule has 0 atom stereocenters. The van der Waals surface area contributed by atoms with Gasteiger partial charge in [0.25, 0.3) is 0 Å². The first-order chi connectivity index (χ1) is 8.96. The zero-order chi connectivity index (χ0) is 13.9. The minimum absolute atomic E-state index is 0.440. The van der Waals surface area contributed by atoms with Gasteiger partial charge in [0.2, 0.25) is 5.91 Å². The van der Waals surface area contributed by atoms with Gasteiger partial charge in [-0.25, -0.2) is 0 Å². The average Bonchev–Trinajstić information content (AvgIpc) is 2.76. The molecule has 0 saturated carbocycles. The highest BCUT2D eigenvalue weighted by atomic mass is 19.4. The minimum atomic E-state index is -4.44. The van der Waals surface area contributed by atoms with Gasteiger partial charge >= 0.3 is 6.18 Å². The summed E-state index contributed by atoms with van der Waals surface area (Å²) in [6.07, 6.45) is -2.87. The van der Waals surface area contributed by atoms with Crippen LogP contribution in [0.25, 0.3) is 10.9 Å². The summed E-state index contributed by atoms with van der Waals surface area (Å²) in [5.74, 6) is -0.661. The first kappa shape index (κ1) is 13.3. The normalized spacial score (nSPS) is 11.7. The van der Waals surface area contributed by atoms with E-state index in [0.29, 0.717) is 11.2 Å². The summed E-state index contributed by atoms with van der Waals surface area (Å²) >= 11 is 0. The Hall–Kier alpha value is -2.09. The van der Waals surface area contributed by atoms with E-state index in [-0.39, 0.29) is 0 Å². The van der Waals surface area contributed by atoms with Gasteiger partial charge in [-0.15, -0.1) is 0 Å². The number of ether oxygens (including phenoxy) is 1. The smallest absolute Gasteiger partial charge is 0.362 e. The maximum absolute atomic E-state index is 11.8. The fourth-order valence-corrected chi connectivity index (χ4v) is 1.52. The number of nitrogens with one attached hydrogen (secondary N) is 2. The summed E-state index contributed by atoms with van der Waals surface area (Å²) in [5.41, 5.74) is 1.04. The molecule has 2 rings (SSSR count). The van der Waals surface area contributed by atoms with E-state index >= 15 is 0 Å². The van der Waals surface area contributed by atoms with Crippen molar-refractivity contribution in [3.05, 3.63) is 24.4 Å². The molecule has 1 heterocycles. The summed E-state index contributed by atoms with van der Waals surface area (Å²) in [6, 6.07) is 5.10. The lowest BCUT2D eigenvalue weighted by atomic mass is 10.2. The van der Waals surface area contributed by atoms with E-state index in [1.54, 1.807) is 24.4 Å². The minimum Gasteiger partial charge on any atom is -0.362 e. The van der Waals surface area contributed by atoms with Crippen molar-refractivity contribution in [3.8, 4) is 0 Å². The maximum atomic E-state index is 11.8. The zero-order valence-corrected chi connectivity index (χ0v) is 9.62. The maximum Gasteiger partial charge on any atom is 0.411 e. The Kier molecular flexibility index (Phi) is 3.70. The van der Waals surface area contributed by atoms with Gasteiger partial charge in [0.05, 0.1) is 17.4 Å². The molecule has 0 unspecified atom stereocenters. The number of rotatable bonds is 4. The van der Waals surface area contributed by atoms with Gasteiger partial charge in [-0.05, 0) is 6.07 Å². The van der Waals surface area contributed by atoms with Crippen LogP contribution in [0.4, 0.5) is 18.9 Å². The van der Waals surface area contributed by atoms with Crippen molar-refractivity contribution in [1.29, 1.82) is 0 Å². The Balaban J connectivity index is 1.94. The number of fused-ring (bicyclic) bond motifs is 1. The molecule has 0 bridgehead atoms. The highest BCUT2D eigenvalue weighted by Gasteiger charge is 2.27. The Morgan fingerprint density at radius 2 is 2.21 bits per heavy atom. The fraction of sp³-hybridized carbons (Fsp3) is 0.273. The van der Waals surface area contributed by atoms with Crippen LogP contribution in [0.5, 0.6) is 0 Å². The number of carbonyl (C=O) groups is 1. The van der Waals surface area contributed by atoms with Crippen LogP contribution in [0.15, 0.2) is 24.4 Å². The van der Waals surface area contributed by atoms with Crippen molar-refractivity contribution < 1.29 is 22.7 Å². The molecule has 0 spiro atoms. The molecule has 5 nitrogen and oxygen atoms in total. The van der Waals surface area contributed by atoms with Crippen LogP contribution < -0.4 is 5.32 Å². The first-order valence-corrected chi connectivity index (χ1v) is 5.32. The Labute approximate surface area is 105 Å². The third-order valence-corrected chi connectivity index (χ3v) is 2.25. The second-order valence-electron chi connectivity index (χ2n) is 3.80. The number of anilines is 1. The molecule has 1 aromatic carbocycles. The number of amides is 1. The number of hydrogen-bond donors (Lipinski definition) is 2. The molecule has 0 aliphatic rings. The molecule has 8 heteroatoms. The lowest BCUT2D eigenvalue weighted by Gasteiger charge is -2.08. The molecule has 2 aromatic rings. The number of nitrogens with zero attached hydrogens (tertiary/aromatic N) is 1. The van der Waals surface area contributed by atoms with Crippen LogP contribution in [-0.4, -0.2) is 35.5 Å². The molecule has 0 radical (unpaired) electrons. The van der Waals surface area contributed by atoms with E-state index in [1.807, 2.05) is 0 Å². The largest absolute Gasteiger partial charge is 0.411 e. The number of H-pyrrole nitrogens is 1. The van der Waals surface area contributed by atoms with Gasteiger partial charge in [0, 0.05) is 5.39 Å². The highest BCUT2D eigenvalue weighted by molar-refractivity contribution is 6.00. The molecular formula is C11H10F3N3O2. The van der Waals surface area contributed by atoms with Gasteiger partial charge in [0.15, 0.2) is 0 Å². The molecule has 1 aromatic heterocycles. The molecule has 19 heavy (non-hydrogen) atoms. The van der Waals surface area contributed by atoms with Crippen LogP contribution in [0.3, 0.4) is 0 Å². The SMILES string of the molecule is O=C(COCC(F)(F)F)Nc1cccc2cn[nH]c12. The van der Waals surface area contributed by atoms with Crippen LogP contribution in [0.1, 0.15) is 0 Å². The number of benzene rings is 1. The van der Waals surface area contributed by atoms with E-state index in [2.05, 4.69) is 20.3 Å². The lowest BCUT2D eigenvalue weighted by molar-refractivity contribution is -0.174. The molecule has 1 amide bonds. The number of para-hydroxylation sites is 1. The standard InChI is InChI=1S/C11H10F3N3O2/c12-11(13,14)6-19-5-9(18)16-8-3-1-2-7-4-15-17-10(7)8/h1-4H,5-6H2,(H,15,17)(H,16,18). The van der Waals surface area contributed by atoms with Crippen molar-refractivity contribution in [3.63, 3.8) is 0 Å². The van der Waals surface area contributed by atoms with E-state index < -0.39 is 25.3 Å². The summed E-state index contributed by atoms with van der Waals surface area (Å²) in [6.45, 7) is -2.11. The molecule has 0 aliphatic carbocycles. The number of carbonyl (C=O) groups excluding carboxylic acids is 1. The summed E-state index contributed by atoms with van der Waals surface area (Å²) in [4.78, 5) is 11.4. The summed E-state index contributed by atoms with van der Waals surface area (Å²) in [5, 5.41) is 9.74. The Morgan fingerprint density at radius 1 is 1.42 bits per heavy atom. The number of aromatic amines is 1. The van der Waals surface area contributed by atoms with E-state index in [0.717, 1.165) is 5.39 Å². The van der Waals surface area contributed by atoms with Gasteiger partial charge in [-0.1, -0.05) is 12.1 Å². The molecule has 2 N–H and O–H groups in total. The van der Waals surface area contributed by atoms with E-state index in [1.165, 1.54) is 0 Å². The quantitative estimate of drug-likeness (QED) is 0.896. The average molecular weight is 273 g/mol. The second kappa shape index (κ2) is 5.27. The third-order valence-electron chi connectivity index (χ3n) is 2.25. The number of hydrogen-bond acceptors (Lipinski definition) is 3. The Morgan fingerprint density at radius 3 is 2.95 bits per heavy atom. The summed E-state index contributed by atoms with van der Waals surface area (Å²) < 4.78 is 39.8. The molecule has 102 valence electrons. The fourth-order valence-electron chi connectivity index (χ4n) is 1.52. The van der Waals surface area contributed by atoms with Gasteiger partial charge in [-0.3, -0.25) is 9.89 Å². The van der Waals surface area contributed by atoms with Crippen LogP contribution in [0.2, 0.25) is 0 Å². The van der Waals surface area contributed by atoms with Crippen molar-refractivity contribution in [2.45, 2.75) is 6.18 Å². The van der Waals surface area contributed by atoms with Crippen molar-refractivity contribution in [2.24, 2.45) is 0 Å². The second-order valence-corrected chi connectivity index (χ2v) is 3.80. The van der Waals surface area contributed by atoms with Gasteiger partial charge in [0.1, 0.15) is 13.2 Å². The third kappa shape index (κ3) is 3.68. The van der Waals surface area contributed by atoms with Gasteiger partial charge in [-0.2, -0.15) is 18.3 Å². The lowest BCUT2D eigenvalue weighted by Crippen LogP contribution is -2.24. The molecule has 0 saturated heterocycles. The van der Waals surface area contributed by atoms with E-state index in [9.17, 15) is 18.0 Å². The predicted octanol–water partition coefficient (Wildman–Crippen LogP) is 2.08. The van der Waals surface area contributed by atoms with Crippen molar-refractivity contribution >= 4 is 22.5 Å². The first-order valence-electron chi connectivity index (χ1n) is 5.32. The Bertz CT molecular complexity index is 580. The number of halogens is 3. The van der Waals surface area contributed by atoms with Crippen molar-refractivity contribution in [2.75, 3.05) is 18.5 Å². The van der Waals surface area contributed by atoms with Crippen molar-refractivity contribution in [1.82, 2.24) is 10.2 Å². The number of alkyl halides is 3. The molecular weight excluding hydrogens is 263 g/mol. The van der Waals surface area contributed by atoms with Crippen LogP contribution >= 0.6 is 0 Å². The topological polar surface area (TPSA) is 67.0 Å². The summed E-state index contributed by atoms with van der Waals surface area (Å²) in [7, 11) is 0.